The molecule has 0 saturated carbocycles. The van der Waals surface area contributed by atoms with Crippen LogP contribution < -0.4 is 5.32 Å². The minimum Gasteiger partial charge on any atom is -0.478 e. The van der Waals surface area contributed by atoms with Gasteiger partial charge in [0.25, 0.3) is 0 Å². The van der Waals surface area contributed by atoms with Gasteiger partial charge in [-0.15, -0.1) is 0 Å². The van der Waals surface area contributed by atoms with E-state index in [2.05, 4.69) is 59.5 Å². The minimum atomic E-state index is -1.26. The van der Waals surface area contributed by atoms with Crippen molar-refractivity contribution in [1.29, 1.82) is 0 Å². The maximum absolute atomic E-state index is 9.55. The minimum absolute atomic E-state index is 0.558. The summed E-state index contributed by atoms with van der Waals surface area (Å²) in [5.41, 5.74) is 1.46. The molecule has 11 nitrogen and oxygen atoms in total. The largest absolute Gasteiger partial charge is 0.478 e. The lowest BCUT2D eigenvalue weighted by Gasteiger charge is -2.35. The van der Waals surface area contributed by atoms with Crippen molar-refractivity contribution < 1.29 is 39.6 Å². The van der Waals surface area contributed by atoms with Gasteiger partial charge in [-0.05, 0) is 32.6 Å². The average molecular weight is 480 g/mol. The van der Waals surface area contributed by atoms with Crippen LogP contribution in [0.5, 0.6) is 0 Å². The molecule has 0 spiro atoms. The number of rotatable bonds is 9. The Hall–Kier alpha value is -3.54. The van der Waals surface area contributed by atoms with Gasteiger partial charge in [-0.1, -0.05) is 30.3 Å². The first-order valence-corrected chi connectivity index (χ1v) is 10.4. The number of carbonyl (C=O) groups is 4. The highest BCUT2D eigenvalue weighted by atomic mass is 16.4. The van der Waals surface area contributed by atoms with Crippen molar-refractivity contribution in [3.05, 3.63) is 60.2 Å². The van der Waals surface area contributed by atoms with E-state index in [9.17, 15) is 19.2 Å². The molecule has 1 aromatic carbocycles. The Balaban J connectivity index is 0.000000570. The van der Waals surface area contributed by atoms with Gasteiger partial charge in [-0.2, -0.15) is 0 Å². The third-order valence-corrected chi connectivity index (χ3v) is 4.36. The van der Waals surface area contributed by atoms with Crippen molar-refractivity contribution in [2.75, 3.05) is 46.8 Å². The predicted octanol–water partition coefficient (Wildman–Crippen LogP) is 1.01. The second-order valence-corrected chi connectivity index (χ2v) is 7.32. The Morgan fingerprint density at radius 1 is 0.853 bits per heavy atom. The molecule has 1 atom stereocenters. The first-order chi connectivity index (χ1) is 16.0. The average Bonchev–Trinajstić information content (AvgIpc) is 2.78. The molecule has 1 heterocycles. The zero-order valence-corrected chi connectivity index (χ0v) is 19.3. The van der Waals surface area contributed by atoms with E-state index < -0.39 is 23.9 Å². The number of carboxylic acid groups (broad SMARTS) is 4. The van der Waals surface area contributed by atoms with Gasteiger partial charge in [0.05, 0.1) is 0 Å². The molecule has 1 aliphatic heterocycles. The quantitative estimate of drug-likeness (QED) is 0.321. The normalized spacial score (nSPS) is 14.6. The molecule has 1 unspecified atom stereocenters. The first-order valence-electron chi connectivity index (χ1n) is 10.4. The summed E-state index contributed by atoms with van der Waals surface area (Å²) in [6.45, 7) is 5.69. The summed E-state index contributed by atoms with van der Waals surface area (Å²) in [6.07, 6.45) is 3.44. The van der Waals surface area contributed by atoms with Crippen LogP contribution >= 0.6 is 0 Å². The van der Waals surface area contributed by atoms with Crippen molar-refractivity contribution in [3.63, 3.8) is 0 Å². The summed E-state index contributed by atoms with van der Waals surface area (Å²) in [7, 11) is 4.31. The van der Waals surface area contributed by atoms with E-state index in [1.165, 1.54) is 12.0 Å². The van der Waals surface area contributed by atoms with Crippen LogP contribution in [0.1, 0.15) is 18.0 Å². The summed E-state index contributed by atoms with van der Waals surface area (Å²) < 4.78 is 0. The Morgan fingerprint density at radius 2 is 1.26 bits per heavy atom. The van der Waals surface area contributed by atoms with Crippen molar-refractivity contribution in [3.8, 4) is 0 Å². The van der Waals surface area contributed by atoms with Crippen LogP contribution in [0.3, 0.4) is 0 Å². The van der Waals surface area contributed by atoms with Gasteiger partial charge in [-0.3, -0.25) is 4.90 Å². The van der Waals surface area contributed by atoms with E-state index in [1.54, 1.807) is 0 Å². The molecule has 0 aromatic heterocycles. The molecule has 2 rings (SSSR count). The number of nitrogens with zero attached hydrogens (tertiary/aromatic N) is 2. The number of hydrogen-bond acceptors (Lipinski definition) is 7. The fourth-order valence-electron chi connectivity index (χ4n) is 2.89. The van der Waals surface area contributed by atoms with Crippen LogP contribution in [0.2, 0.25) is 0 Å². The zero-order chi connectivity index (χ0) is 25.9. The molecule has 0 radical (unpaired) electrons. The van der Waals surface area contributed by atoms with Gasteiger partial charge in [-0.25, -0.2) is 19.2 Å². The van der Waals surface area contributed by atoms with E-state index in [0.29, 0.717) is 30.3 Å². The van der Waals surface area contributed by atoms with Crippen LogP contribution in [0, 0.1) is 0 Å². The smallest absolute Gasteiger partial charge is 0.328 e. The molecular formula is C23H33N3O8. The van der Waals surface area contributed by atoms with Crippen molar-refractivity contribution in [1.82, 2.24) is 15.1 Å². The number of benzene rings is 1. The van der Waals surface area contributed by atoms with Gasteiger partial charge >= 0.3 is 23.9 Å². The number of hydrogen-bond donors (Lipinski definition) is 5. The standard InChI is InChI=1S/C15H25N3.2C4H4O4/c1-17(2)11-8-15(14-6-4-3-5-7-14)18-12-9-16-10-13-18;2*5-3(6)1-2-4(7)8/h3-7,15-16H,8-13H2,1-2H3;2*1-2H,(H,5,6)(H,7,8)/b;2*2-1-. The fourth-order valence-corrected chi connectivity index (χ4v) is 2.89. The molecular weight excluding hydrogens is 446 g/mol. The van der Waals surface area contributed by atoms with Crippen molar-refractivity contribution in [2.24, 2.45) is 0 Å². The highest BCUT2D eigenvalue weighted by Crippen LogP contribution is 2.24. The van der Waals surface area contributed by atoms with Gasteiger partial charge in [0.15, 0.2) is 0 Å². The summed E-state index contributed by atoms with van der Waals surface area (Å²) in [4.78, 5) is 43.1. The van der Waals surface area contributed by atoms with Gasteiger partial charge in [0.1, 0.15) is 0 Å². The maximum atomic E-state index is 9.55. The molecule has 1 fully saturated rings. The summed E-state index contributed by atoms with van der Waals surface area (Å²) in [6, 6.07) is 11.5. The number of aliphatic carboxylic acids is 4. The highest BCUT2D eigenvalue weighted by molar-refractivity contribution is 5.90. The third kappa shape index (κ3) is 17.1. The van der Waals surface area contributed by atoms with Gasteiger partial charge in [0.2, 0.25) is 0 Å². The van der Waals surface area contributed by atoms with Crippen LogP contribution in [-0.4, -0.2) is 101 Å². The number of carboxylic acids is 4. The SMILES string of the molecule is CN(C)CCC(c1ccccc1)N1CCNCC1.O=C(O)/C=C\C(=O)O.O=C(O)/C=C\C(=O)O. The molecule has 0 aliphatic carbocycles. The summed E-state index contributed by atoms with van der Waals surface area (Å²) >= 11 is 0. The topological polar surface area (TPSA) is 168 Å². The molecule has 188 valence electrons. The van der Waals surface area contributed by atoms with E-state index in [1.807, 2.05) is 0 Å². The van der Waals surface area contributed by atoms with E-state index in [0.717, 1.165) is 32.7 Å². The molecule has 0 bridgehead atoms. The Kier molecular flexibility index (Phi) is 16.1. The molecule has 5 N–H and O–H groups in total. The molecule has 1 aliphatic rings. The third-order valence-electron chi connectivity index (χ3n) is 4.36. The second-order valence-electron chi connectivity index (χ2n) is 7.32. The van der Waals surface area contributed by atoms with E-state index in [-0.39, 0.29) is 0 Å². The molecule has 11 heteroatoms. The Morgan fingerprint density at radius 3 is 1.62 bits per heavy atom. The number of piperazine rings is 1. The monoisotopic (exact) mass is 479 g/mol. The lowest BCUT2D eigenvalue weighted by molar-refractivity contribution is -0.134. The lowest BCUT2D eigenvalue weighted by Crippen LogP contribution is -2.45. The molecule has 1 saturated heterocycles. The second kappa shape index (κ2) is 18.0. The summed E-state index contributed by atoms with van der Waals surface area (Å²) in [5, 5.41) is 34.7. The first kappa shape index (κ1) is 30.5. The Labute approximate surface area is 198 Å². The van der Waals surface area contributed by atoms with Crippen molar-refractivity contribution in [2.45, 2.75) is 12.5 Å². The molecule has 0 amide bonds. The van der Waals surface area contributed by atoms with Crippen LogP contribution in [0.25, 0.3) is 0 Å². The van der Waals surface area contributed by atoms with Gasteiger partial charge < -0.3 is 30.6 Å². The van der Waals surface area contributed by atoms with E-state index >= 15 is 0 Å². The zero-order valence-electron chi connectivity index (χ0n) is 19.3. The van der Waals surface area contributed by atoms with Crippen molar-refractivity contribution >= 4 is 23.9 Å². The molecule has 1 aromatic rings. The number of nitrogens with one attached hydrogen (secondary N) is 1. The fraction of sp³-hybridized carbons (Fsp3) is 0.391. The van der Waals surface area contributed by atoms with Crippen LogP contribution in [0.15, 0.2) is 54.6 Å². The van der Waals surface area contributed by atoms with E-state index in [4.69, 9.17) is 20.4 Å². The molecule has 34 heavy (non-hydrogen) atoms. The highest BCUT2D eigenvalue weighted by Gasteiger charge is 2.21. The lowest BCUT2D eigenvalue weighted by atomic mass is 10.0. The Bertz CT molecular complexity index is 753. The van der Waals surface area contributed by atoms with Crippen LogP contribution in [0.4, 0.5) is 0 Å². The predicted molar refractivity (Wildman–Crippen MR) is 126 cm³/mol. The summed E-state index contributed by atoms with van der Waals surface area (Å²) in [5.74, 6) is -5.03. The van der Waals surface area contributed by atoms with Crippen LogP contribution in [-0.2, 0) is 19.2 Å². The maximum Gasteiger partial charge on any atom is 0.328 e. The van der Waals surface area contributed by atoms with Gasteiger partial charge in [0, 0.05) is 56.5 Å².